The van der Waals surface area contributed by atoms with Gasteiger partial charge in [0.05, 0.1) is 0 Å². The van der Waals surface area contributed by atoms with E-state index in [4.69, 9.17) is 0 Å². The lowest BCUT2D eigenvalue weighted by atomic mass is 10.2. The molecule has 4 rings (SSSR count). The van der Waals surface area contributed by atoms with Gasteiger partial charge in [-0.05, 0) is 51.0 Å². The van der Waals surface area contributed by atoms with E-state index < -0.39 is 12.0 Å². The van der Waals surface area contributed by atoms with Crippen molar-refractivity contribution in [2.24, 2.45) is 5.92 Å². The van der Waals surface area contributed by atoms with E-state index in [0.29, 0.717) is 27.0 Å². The van der Waals surface area contributed by atoms with Crippen molar-refractivity contribution in [3.05, 3.63) is 41.2 Å². The van der Waals surface area contributed by atoms with Gasteiger partial charge in [-0.15, -0.1) is 15.3 Å². The highest BCUT2D eigenvalue weighted by molar-refractivity contribution is 5.94. The van der Waals surface area contributed by atoms with Gasteiger partial charge < -0.3 is 10.6 Å². The molecule has 10 heteroatoms. The smallest absolute Gasteiger partial charge is 0.339 e. The first-order valence-electron chi connectivity index (χ1n) is 8.72. The molecule has 3 aromatic rings. The average molecular weight is 390 g/mol. The van der Waals surface area contributed by atoms with Crippen molar-refractivity contribution >= 4 is 28.7 Å². The minimum atomic E-state index is -4.66. The largest absolute Gasteiger partial charge is 0.453 e. The number of carbonyl (C=O) groups excluding carboxylic acids is 1. The summed E-state index contributed by atoms with van der Waals surface area (Å²) in [4.78, 5) is 11.8. The number of nitrogens with zero attached hydrogens (tertiary/aromatic N) is 4. The SMILES string of the molecule is Cc1c(Nc2ccc(NC(=O)C3CC3)cc2)nn2c(C(F)(F)F)nnc2c1C. The third-order valence-corrected chi connectivity index (χ3v) is 4.71. The van der Waals surface area contributed by atoms with Crippen LogP contribution < -0.4 is 10.6 Å². The number of aromatic nitrogens is 4. The standard InChI is InChI=1S/C18H17F3N6O/c1-9-10(2)15-24-25-17(18(19,20)21)27(15)26-14(9)22-12-5-7-13(8-6-12)23-16(28)11-3-4-11/h5-8,11H,3-4H2,1-2H3,(H,22,26)(H,23,28). The predicted octanol–water partition coefficient (Wildman–Crippen LogP) is 3.85. The number of hydrogen-bond donors (Lipinski definition) is 2. The van der Waals surface area contributed by atoms with Crippen molar-refractivity contribution in [2.45, 2.75) is 32.9 Å². The molecule has 0 aliphatic heterocycles. The maximum Gasteiger partial charge on any atom is 0.453 e. The maximum atomic E-state index is 13.1. The second-order valence-electron chi connectivity index (χ2n) is 6.82. The quantitative estimate of drug-likeness (QED) is 0.707. The van der Waals surface area contributed by atoms with Crippen LogP contribution in [0.25, 0.3) is 5.65 Å². The van der Waals surface area contributed by atoms with Crippen LogP contribution in [0.5, 0.6) is 0 Å². The Morgan fingerprint density at radius 2 is 1.71 bits per heavy atom. The van der Waals surface area contributed by atoms with Crippen LogP contribution in [0, 0.1) is 19.8 Å². The third kappa shape index (κ3) is 3.37. The molecule has 1 aliphatic rings. The predicted molar refractivity (Wildman–Crippen MR) is 96.3 cm³/mol. The number of alkyl halides is 3. The van der Waals surface area contributed by atoms with Gasteiger partial charge in [0.2, 0.25) is 5.91 Å². The fourth-order valence-corrected chi connectivity index (χ4v) is 2.79. The highest BCUT2D eigenvalue weighted by Gasteiger charge is 2.38. The first-order valence-corrected chi connectivity index (χ1v) is 8.72. The number of hydrogen-bond acceptors (Lipinski definition) is 5. The van der Waals surface area contributed by atoms with Gasteiger partial charge in [0.1, 0.15) is 0 Å². The van der Waals surface area contributed by atoms with E-state index >= 15 is 0 Å². The summed E-state index contributed by atoms with van der Waals surface area (Å²) >= 11 is 0. The summed E-state index contributed by atoms with van der Waals surface area (Å²) in [5, 5.41) is 16.8. The van der Waals surface area contributed by atoms with Crippen LogP contribution in [-0.4, -0.2) is 25.7 Å². The van der Waals surface area contributed by atoms with Crippen molar-refractivity contribution in [1.82, 2.24) is 19.8 Å². The highest BCUT2D eigenvalue weighted by Crippen LogP contribution is 2.32. The summed E-state index contributed by atoms with van der Waals surface area (Å²) in [5.74, 6) is -0.797. The zero-order chi connectivity index (χ0) is 20.1. The van der Waals surface area contributed by atoms with E-state index in [1.54, 1.807) is 38.1 Å². The van der Waals surface area contributed by atoms with Gasteiger partial charge in [-0.2, -0.15) is 17.7 Å². The minimum absolute atomic E-state index is 0.00610. The fraction of sp³-hybridized carbons (Fsp3) is 0.333. The molecule has 2 aromatic heterocycles. The third-order valence-electron chi connectivity index (χ3n) is 4.71. The number of benzene rings is 1. The van der Waals surface area contributed by atoms with Crippen molar-refractivity contribution in [2.75, 3.05) is 10.6 Å². The molecule has 1 saturated carbocycles. The molecule has 28 heavy (non-hydrogen) atoms. The molecule has 146 valence electrons. The summed E-state index contributed by atoms with van der Waals surface area (Å²) in [5.41, 5.74) is 2.57. The molecule has 2 heterocycles. The minimum Gasteiger partial charge on any atom is -0.339 e. The zero-order valence-corrected chi connectivity index (χ0v) is 15.1. The Bertz CT molecular complexity index is 1050. The average Bonchev–Trinajstić information content (AvgIpc) is 3.40. The molecular formula is C18H17F3N6O. The molecule has 1 aliphatic carbocycles. The number of fused-ring (bicyclic) bond motifs is 1. The first-order chi connectivity index (χ1) is 13.2. The summed E-state index contributed by atoms with van der Waals surface area (Å²) in [6, 6.07) is 6.90. The Balaban J connectivity index is 1.62. The van der Waals surface area contributed by atoms with Crippen LogP contribution in [0.15, 0.2) is 24.3 Å². The van der Waals surface area contributed by atoms with Crippen molar-refractivity contribution in [3.8, 4) is 0 Å². The molecule has 1 fully saturated rings. The van der Waals surface area contributed by atoms with Gasteiger partial charge in [0, 0.05) is 28.4 Å². The molecule has 0 spiro atoms. The van der Waals surface area contributed by atoms with Gasteiger partial charge in [-0.25, -0.2) is 0 Å². The van der Waals surface area contributed by atoms with E-state index in [2.05, 4.69) is 25.9 Å². The molecule has 7 nitrogen and oxygen atoms in total. The van der Waals surface area contributed by atoms with E-state index in [1.165, 1.54) is 0 Å². The molecule has 0 radical (unpaired) electrons. The second-order valence-corrected chi connectivity index (χ2v) is 6.82. The molecule has 0 bridgehead atoms. The topological polar surface area (TPSA) is 84.2 Å². The van der Waals surface area contributed by atoms with Crippen molar-refractivity contribution < 1.29 is 18.0 Å². The van der Waals surface area contributed by atoms with Crippen LogP contribution >= 0.6 is 0 Å². The molecular weight excluding hydrogens is 373 g/mol. The van der Waals surface area contributed by atoms with Gasteiger partial charge in [-0.3, -0.25) is 4.79 Å². The van der Waals surface area contributed by atoms with Crippen molar-refractivity contribution in [3.63, 3.8) is 0 Å². The Morgan fingerprint density at radius 3 is 2.32 bits per heavy atom. The normalized spacial score (nSPS) is 14.3. The Labute approximate surface area is 158 Å². The lowest BCUT2D eigenvalue weighted by Gasteiger charge is -2.13. The Kier molecular flexibility index (Phi) is 4.20. The molecule has 0 atom stereocenters. The summed E-state index contributed by atoms with van der Waals surface area (Å²) < 4.78 is 40.1. The van der Waals surface area contributed by atoms with Gasteiger partial charge in [-0.1, -0.05) is 0 Å². The van der Waals surface area contributed by atoms with Gasteiger partial charge >= 0.3 is 6.18 Å². The number of halogens is 3. The van der Waals surface area contributed by atoms with E-state index in [-0.39, 0.29) is 23.3 Å². The van der Waals surface area contributed by atoms with Crippen LogP contribution in [0.2, 0.25) is 0 Å². The Morgan fingerprint density at radius 1 is 1.07 bits per heavy atom. The van der Waals surface area contributed by atoms with Crippen LogP contribution in [-0.2, 0) is 11.0 Å². The number of amides is 1. The lowest BCUT2D eigenvalue weighted by molar-refractivity contribution is -0.146. The maximum absolute atomic E-state index is 13.1. The number of carbonyl (C=O) groups is 1. The summed E-state index contributed by atoms with van der Waals surface area (Å²) in [6.45, 7) is 3.42. The molecule has 2 N–H and O–H groups in total. The highest BCUT2D eigenvalue weighted by atomic mass is 19.4. The fourth-order valence-electron chi connectivity index (χ4n) is 2.79. The molecule has 0 saturated heterocycles. The second kappa shape index (κ2) is 6.47. The summed E-state index contributed by atoms with van der Waals surface area (Å²) in [7, 11) is 0. The van der Waals surface area contributed by atoms with Crippen LogP contribution in [0.4, 0.5) is 30.4 Å². The molecule has 0 unspecified atom stereocenters. The van der Waals surface area contributed by atoms with E-state index in [1.807, 2.05) is 0 Å². The lowest BCUT2D eigenvalue weighted by Crippen LogP contribution is -2.14. The number of nitrogens with one attached hydrogen (secondary N) is 2. The van der Waals surface area contributed by atoms with E-state index in [0.717, 1.165) is 12.8 Å². The number of rotatable bonds is 4. The molecule has 1 amide bonds. The first kappa shape index (κ1) is 18.2. The number of aryl methyl sites for hydroxylation is 1. The zero-order valence-electron chi connectivity index (χ0n) is 15.1. The van der Waals surface area contributed by atoms with Crippen LogP contribution in [0.3, 0.4) is 0 Å². The monoisotopic (exact) mass is 390 g/mol. The van der Waals surface area contributed by atoms with Crippen LogP contribution in [0.1, 0.15) is 29.8 Å². The van der Waals surface area contributed by atoms with Gasteiger partial charge in [0.25, 0.3) is 5.82 Å². The van der Waals surface area contributed by atoms with Gasteiger partial charge in [0.15, 0.2) is 11.5 Å². The molecule has 1 aromatic carbocycles. The number of anilines is 3. The van der Waals surface area contributed by atoms with Crippen molar-refractivity contribution in [1.29, 1.82) is 0 Å². The Hall–Kier alpha value is -3.17. The summed E-state index contributed by atoms with van der Waals surface area (Å²) in [6.07, 6.45) is -2.82. The van der Waals surface area contributed by atoms with E-state index in [9.17, 15) is 18.0 Å².